The van der Waals surface area contributed by atoms with Gasteiger partial charge in [0.05, 0.1) is 0 Å². The van der Waals surface area contributed by atoms with Crippen molar-refractivity contribution in [1.82, 2.24) is 25.0 Å². The van der Waals surface area contributed by atoms with E-state index in [0.29, 0.717) is 11.0 Å². The Kier molecular flexibility index (Phi) is 3.94. The largest absolute Gasteiger partial charge is 0.448 e. The molecule has 1 saturated heterocycles. The SMILES string of the molecule is FC(F)(F)Sc1nnc(N2CC(Cn3cnnc3)C3(CCC3)C2)s1. The molecule has 0 N–H and O–H groups in total. The van der Waals surface area contributed by atoms with Crippen molar-refractivity contribution < 1.29 is 13.2 Å². The van der Waals surface area contributed by atoms with Crippen molar-refractivity contribution in [2.24, 2.45) is 11.3 Å². The molecule has 3 heterocycles. The van der Waals surface area contributed by atoms with Crippen molar-refractivity contribution in [2.45, 2.75) is 35.7 Å². The fourth-order valence-corrected chi connectivity index (χ4v) is 5.21. The second-order valence-electron chi connectivity index (χ2n) is 6.35. The first-order chi connectivity index (χ1) is 11.4. The van der Waals surface area contributed by atoms with Gasteiger partial charge in [0.15, 0.2) is 4.34 Å². The molecule has 0 bridgehead atoms. The Labute approximate surface area is 144 Å². The number of hydrogen-bond acceptors (Lipinski definition) is 7. The van der Waals surface area contributed by atoms with Crippen LogP contribution in [0.4, 0.5) is 18.3 Å². The van der Waals surface area contributed by atoms with Crippen LogP contribution in [0.5, 0.6) is 0 Å². The summed E-state index contributed by atoms with van der Waals surface area (Å²) in [6.07, 6.45) is 6.92. The zero-order valence-electron chi connectivity index (χ0n) is 12.6. The second kappa shape index (κ2) is 5.87. The van der Waals surface area contributed by atoms with Crippen molar-refractivity contribution in [3.63, 3.8) is 0 Å². The minimum Gasteiger partial charge on any atom is -0.346 e. The Morgan fingerprint density at radius 1 is 1.25 bits per heavy atom. The Morgan fingerprint density at radius 3 is 2.62 bits per heavy atom. The Hall–Kier alpha value is -1.36. The first kappa shape index (κ1) is 16.1. The van der Waals surface area contributed by atoms with Gasteiger partial charge in [0, 0.05) is 37.3 Å². The van der Waals surface area contributed by atoms with E-state index < -0.39 is 5.51 Å². The molecule has 24 heavy (non-hydrogen) atoms. The van der Waals surface area contributed by atoms with Crippen LogP contribution in [-0.2, 0) is 6.54 Å². The number of rotatable bonds is 4. The predicted molar refractivity (Wildman–Crippen MR) is 83.8 cm³/mol. The first-order valence-corrected chi connectivity index (χ1v) is 9.23. The summed E-state index contributed by atoms with van der Waals surface area (Å²) in [7, 11) is 0. The van der Waals surface area contributed by atoms with E-state index in [9.17, 15) is 13.2 Å². The summed E-state index contributed by atoms with van der Waals surface area (Å²) in [5.74, 6) is 0.421. The summed E-state index contributed by atoms with van der Waals surface area (Å²) >= 11 is 0.820. The molecule has 0 radical (unpaired) electrons. The third-order valence-corrected chi connectivity index (χ3v) is 6.70. The van der Waals surface area contributed by atoms with Crippen LogP contribution in [0.2, 0.25) is 0 Å². The molecule has 1 saturated carbocycles. The van der Waals surface area contributed by atoms with E-state index in [4.69, 9.17) is 0 Å². The van der Waals surface area contributed by atoms with Crippen LogP contribution in [0.25, 0.3) is 0 Å². The van der Waals surface area contributed by atoms with Crippen LogP contribution < -0.4 is 4.90 Å². The Balaban J connectivity index is 1.49. The average molecular weight is 376 g/mol. The molecule has 0 aromatic carbocycles. The summed E-state index contributed by atoms with van der Waals surface area (Å²) in [6, 6.07) is 0. The molecule has 1 atom stereocenters. The number of nitrogens with zero attached hydrogens (tertiary/aromatic N) is 6. The lowest BCUT2D eigenvalue weighted by Gasteiger charge is -2.42. The zero-order chi connectivity index (χ0) is 16.8. The van der Waals surface area contributed by atoms with Gasteiger partial charge in [-0.1, -0.05) is 17.8 Å². The van der Waals surface area contributed by atoms with Gasteiger partial charge in [-0.3, -0.25) is 0 Å². The van der Waals surface area contributed by atoms with Crippen LogP contribution in [0.1, 0.15) is 19.3 Å². The molecule has 2 fully saturated rings. The van der Waals surface area contributed by atoms with E-state index in [1.54, 1.807) is 12.7 Å². The minimum absolute atomic E-state index is 0.0533. The fourth-order valence-electron chi connectivity index (χ4n) is 3.67. The van der Waals surface area contributed by atoms with Gasteiger partial charge < -0.3 is 9.47 Å². The van der Waals surface area contributed by atoms with Crippen molar-refractivity contribution in [2.75, 3.05) is 18.0 Å². The van der Waals surface area contributed by atoms with E-state index >= 15 is 0 Å². The standard InChI is InChI=1S/C13H15F3N6S2/c14-13(15,16)24-11-20-19-10(23-11)22-5-9(4-21-7-17-18-8-21)12(6-22)2-1-3-12/h7-9H,1-6H2. The van der Waals surface area contributed by atoms with Crippen LogP contribution >= 0.6 is 23.1 Å². The van der Waals surface area contributed by atoms with Gasteiger partial charge in [0.25, 0.3) is 0 Å². The monoisotopic (exact) mass is 376 g/mol. The fraction of sp³-hybridized carbons (Fsp3) is 0.692. The minimum atomic E-state index is -4.33. The summed E-state index contributed by atoms with van der Waals surface area (Å²) < 4.78 is 39.3. The van der Waals surface area contributed by atoms with Gasteiger partial charge in [-0.15, -0.1) is 20.4 Å². The van der Waals surface area contributed by atoms with Gasteiger partial charge in [-0.05, 0) is 18.3 Å². The highest BCUT2D eigenvalue weighted by Crippen LogP contribution is 2.53. The third kappa shape index (κ3) is 3.10. The maximum Gasteiger partial charge on any atom is 0.448 e. The van der Waals surface area contributed by atoms with E-state index in [1.807, 2.05) is 4.57 Å². The van der Waals surface area contributed by atoms with Crippen LogP contribution in [0.3, 0.4) is 0 Å². The van der Waals surface area contributed by atoms with E-state index in [1.165, 1.54) is 6.42 Å². The lowest BCUT2D eigenvalue weighted by molar-refractivity contribution is -0.0328. The molecule has 1 aliphatic heterocycles. The van der Waals surface area contributed by atoms with Gasteiger partial charge in [-0.25, -0.2) is 0 Å². The molecular formula is C13H15F3N6S2. The van der Waals surface area contributed by atoms with Crippen molar-refractivity contribution in [3.05, 3.63) is 12.7 Å². The molecule has 2 aromatic heterocycles. The Morgan fingerprint density at radius 2 is 2.00 bits per heavy atom. The highest BCUT2D eigenvalue weighted by Gasteiger charge is 2.51. The molecule has 1 unspecified atom stereocenters. The third-order valence-electron chi connectivity index (χ3n) is 4.93. The molecule has 4 rings (SSSR count). The van der Waals surface area contributed by atoms with Crippen LogP contribution in [-0.4, -0.2) is 43.6 Å². The average Bonchev–Trinajstić information content (AvgIpc) is 3.15. The van der Waals surface area contributed by atoms with Crippen molar-refractivity contribution >= 4 is 28.2 Å². The molecule has 1 spiro atoms. The first-order valence-electron chi connectivity index (χ1n) is 7.60. The maximum absolute atomic E-state index is 12.5. The molecule has 11 heteroatoms. The number of thioether (sulfide) groups is 1. The van der Waals surface area contributed by atoms with Crippen molar-refractivity contribution in [1.29, 1.82) is 0 Å². The highest BCUT2D eigenvalue weighted by atomic mass is 32.2. The lowest BCUT2D eigenvalue weighted by Crippen LogP contribution is -2.39. The summed E-state index contributed by atoms with van der Waals surface area (Å²) in [5, 5.41) is 15.9. The molecule has 1 aliphatic carbocycles. The van der Waals surface area contributed by atoms with Gasteiger partial charge in [0.1, 0.15) is 12.7 Å². The number of anilines is 1. The van der Waals surface area contributed by atoms with Crippen molar-refractivity contribution in [3.8, 4) is 0 Å². The van der Waals surface area contributed by atoms with E-state index in [-0.39, 0.29) is 21.5 Å². The quantitative estimate of drug-likeness (QED) is 0.765. The molecule has 0 amide bonds. The second-order valence-corrected chi connectivity index (χ2v) is 8.62. The molecule has 130 valence electrons. The number of alkyl halides is 3. The van der Waals surface area contributed by atoms with E-state index in [2.05, 4.69) is 25.3 Å². The van der Waals surface area contributed by atoms with Gasteiger partial charge in [0.2, 0.25) is 5.13 Å². The van der Waals surface area contributed by atoms with Gasteiger partial charge in [-0.2, -0.15) is 13.2 Å². The molecule has 6 nitrogen and oxygen atoms in total. The smallest absolute Gasteiger partial charge is 0.346 e. The zero-order valence-corrected chi connectivity index (χ0v) is 14.2. The summed E-state index contributed by atoms with van der Waals surface area (Å²) in [4.78, 5) is 2.09. The molecule has 2 aliphatic rings. The summed E-state index contributed by atoms with van der Waals surface area (Å²) in [5.41, 5.74) is -4.10. The number of hydrogen-bond donors (Lipinski definition) is 0. The number of halogens is 3. The molecular weight excluding hydrogens is 361 g/mol. The summed E-state index contributed by atoms with van der Waals surface area (Å²) in [6.45, 7) is 2.45. The lowest BCUT2D eigenvalue weighted by atomic mass is 9.63. The predicted octanol–water partition coefficient (Wildman–Crippen LogP) is 3.05. The Bertz CT molecular complexity index is 697. The van der Waals surface area contributed by atoms with Gasteiger partial charge >= 0.3 is 5.51 Å². The van der Waals surface area contributed by atoms with E-state index in [0.717, 1.165) is 43.8 Å². The molecule has 2 aromatic rings. The van der Waals surface area contributed by atoms with Crippen LogP contribution in [0, 0.1) is 11.3 Å². The maximum atomic E-state index is 12.5. The normalized spacial score (nSPS) is 23.0. The van der Waals surface area contributed by atoms with Crippen LogP contribution in [0.15, 0.2) is 17.0 Å². The number of aromatic nitrogens is 5. The highest BCUT2D eigenvalue weighted by molar-refractivity contribution is 8.01. The topological polar surface area (TPSA) is 59.7 Å².